The van der Waals surface area contributed by atoms with Gasteiger partial charge in [-0.1, -0.05) is 6.92 Å². The van der Waals surface area contributed by atoms with E-state index in [0.29, 0.717) is 0 Å². The van der Waals surface area contributed by atoms with Crippen molar-refractivity contribution in [2.45, 2.75) is 26.2 Å². The van der Waals surface area contributed by atoms with Gasteiger partial charge in [0, 0.05) is 0 Å². The van der Waals surface area contributed by atoms with Crippen molar-refractivity contribution < 1.29 is 0 Å². The topological polar surface area (TPSA) is 3.24 Å². The van der Waals surface area contributed by atoms with Crippen LogP contribution in [-0.2, 0) is 0 Å². The smallest absolute Gasteiger partial charge is 0.00162 e. The van der Waals surface area contributed by atoms with Crippen molar-refractivity contribution in [3.05, 3.63) is 0 Å². The minimum atomic E-state index is 1.02. The molecule has 1 aliphatic rings. The van der Waals surface area contributed by atoms with E-state index in [-0.39, 0.29) is 0 Å². The molecule has 1 heterocycles. The van der Waals surface area contributed by atoms with Crippen LogP contribution in [0.2, 0.25) is 0 Å². The van der Waals surface area contributed by atoms with Crippen molar-refractivity contribution >= 4 is 9.24 Å². The Hall–Kier alpha value is 0.390. The monoisotopic (exact) mass is 173 g/mol. The summed E-state index contributed by atoms with van der Waals surface area (Å²) in [7, 11) is 2.83. The second-order valence-electron chi connectivity index (χ2n) is 3.45. The molecule has 11 heavy (non-hydrogen) atoms. The van der Waals surface area contributed by atoms with Gasteiger partial charge < -0.3 is 4.90 Å². The number of likely N-dealkylation sites (tertiary alicyclic amines) is 1. The van der Waals surface area contributed by atoms with Crippen LogP contribution < -0.4 is 0 Å². The molecular formula is C9H20NP. The van der Waals surface area contributed by atoms with Gasteiger partial charge in [0.15, 0.2) is 0 Å². The Morgan fingerprint density at radius 1 is 1.36 bits per heavy atom. The van der Waals surface area contributed by atoms with E-state index >= 15 is 0 Å². The standard InChI is InChI=1S/C9H20NP/c1-2-10-6-3-9(4-7-10)5-8-11/h9H,2-8,11H2,1H3. The Morgan fingerprint density at radius 3 is 2.45 bits per heavy atom. The summed E-state index contributed by atoms with van der Waals surface area (Å²) in [5, 5.41) is 0. The third-order valence-corrected chi connectivity index (χ3v) is 3.06. The van der Waals surface area contributed by atoms with Crippen LogP contribution in [0.15, 0.2) is 0 Å². The lowest BCUT2D eigenvalue weighted by atomic mass is 9.94. The Balaban J connectivity index is 2.14. The van der Waals surface area contributed by atoms with E-state index in [1.807, 2.05) is 0 Å². The van der Waals surface area contributed by atoms with Gasteiger partial charge in [-0.3, -0.25) is 0 Å². The van der Waals surface area contributed by atoms with Gasteiger partial charge in [-0.2, -0.15) is 0 Å². The van der Waals surface area contributed by atoms with E-state index in [4.69, 9.17) is 0 Å². The number of hydrogen-bond acceptors (Lipinski definition) is 1. The quantitative estimate of drug-likeness (QED) is 0.590. The van der Waals surface area contributed by atoms with E-state index < -0.39 is 0 Å². The van der Waals surface area contributed by atoms with Crippen molar-refractivity contribution in [3.8, 4) is 0 Å². The summed E-state index contributed by atoms with van der Waals surface area (Å²) < 4.78 is 0. The van der Waals surface area contributed by atoms with Crippen LogP contribution in [0.5, 0.6) is 0 Å². The molecule has 1 saturated heterocycles. The number of rotatable bonds is 3. The first-order chi connectivity index (χ1) is 5.36. The fourth-order valence-electron chi connectivity index (χ4n) is 1.83. The van der Waals surface area contributed by atoms with E-state index in [9.17, 15) is 0 Å². The molecular weight excluding hydrogens is 153 g/mol. The summed E-state index contributed by atoms with van der Waals surface area (Å²) in [6.07, 6.45) is 5.57. The fourth-order valence-corrected chi connectivity index (χ4v) is 2.30. The average Bonchev–Trinajstić information content (AvgIpc) is 2.07. The molecule has 1 rings (SSSR count). The van der Waals surface area contributed by atoms with Crippen LogP contribution in [0.25, 0.3) is 0 Å². The Labute approximate surface area is 72.7 Å². The van der Waals surface area contributed by atoms with Crippen LogP contribution in [0.4, 0.5) is 0 Å². The third-order valence-electron chi connectivity index (χ3n) is 2.73. The van der Waals surface area contributed by atoms with Gasteiger partial charge in [-0.15, -0.1) is 9.24 Å². The van der Waals surface area contributed by atoms with Gasteiger partial charge in [-0.05, 0) is 51.0 Å². The lowest BCUT2D eigenvalue weighted by molar-refractivity contribution is 0.190. The highest BCUT2D eigenvalue weighted by atomic mass is 31.0. The first-order valence-electron chi connectivity index (χ1n) is 4.79. The molecule has 0 amide bonds. The summed E-state index contributed by atoms with van der Waals surface area (Å²) in [6, 6.07) is 0. The first-order valence-corrected chi connectivity index (χ1v) is 5.61. The fraction of sp³-hybridized carbons (Fsp3) is 1.00. The molecule has 0 aliphatic carbocycles. The molecule has 0 spiro atoms. The Bertz CT molecular complexity index is 97.7. The van der Waals surface area contributed by atoms with Crippen molar-refractivity contribution in [2.24, 2.45) is 5.92 Å². The zero-order valence-electron chi connectivity index (χ0n) is 7.55. The Kier molecular flexibility index (Phi) is 4.40. The molecule has 0 N–H and O–H groups in total. The minimum absolute atomic E-state index is 1.02. The van der Waals surface area contributed by atoms with E-state index in [2.05, 4.69) is 21.1 Å². The highest BCUT2D eigenvalue weighted by Gasteiger charge is 2.16. The molecule has 1 nitrogen and oxygen atoms in total. The third kappa shape index (κ3) is 3.09. The van der Waals surface area contributed by atoms with Gasteiger partial charge >= 0.3 is 0 Å². The lowest BCUT2D eigenvalue weighted by Crippen LogP contribution is -2.33. The summed E-state index contributed by atoms with van der Waals surface area (Å²) in [6.45, 7) is 6.18. The molecule has 1 aliphatic heterocycles. The predicted octanol–water partition coefficient (Wildman–Crippen LogP) is 1.98. The SMILES string of the molecule is CCN1CCC(CCP)CC1. The summed E-state index contributed by atoms with van der Waals surface area (Å²) in [5.41, 5.74) is 0. The predicted molar refractivity (Wildman–Crippen MR) is 54.0 cm³/mol. The maximum absolute atomic E-state index is 2.83. The Morgan fingerprint density at radius 2 is 2.00 bits per heavy atom. The van der Waals surface area contributed by atoms with Crippen molar-refractivity contribution in [1.29, 1.82) is 0 Å². The largest absolute Gasteiger partial charge is 0.304 e. The molecule has 0 bridgehead atoms. The van der Waals surface area contributed by atoms with Crippen LogP contribution in [0.1, 0.15) is 26.2 Å². The van der Waals surface area contributed by atoms with Crippen LogP contribution >= 0.6 is 9.24 Å². The maximum atomic E-state index is 2.83. The molecule has 66 valence electrons. The summed E-state index contributed by atoms with van der Waals surface area (Å²) in [5.74, 6) is 1.02. The number of nitrogens with zero attached hydrogens (tertiary/aromatic N) is 1. The second-order valence-corrected chi connectivity index (χ2v) is 4.03. The van der Waals surface area contributed by atoms with Crippen LogP contribution in [-0.4, -0.2) is 30.7 Å². The molecule has 1 fully saturated rings. The van der Waals surface area contributed by atoms with E-state index in [1.165, 1.54) is 45.1 Å². The number of hydrogen-bond donors (Lipinski definition) is 0. The highest BCUT2D eigenvalue weighted by molar-refractivity contribution is 7.16. The molecule has 0 aromatic rings. The highest BCUT2D eigenvalue weighted by Crippen LogP contribution is 2.20. The minimum Gasteiger partial charge on any atom is -0.304 e. The zero-order valence-corrected chi connectivity index (χ0v) is 8.71. The molecule has 1 unspecified atom stereocenters. The zero-order chi connectivity index (χ0) is 8.10. The summed E-state index contributed by atoms with van der Waals surface area (Å²) in [4.78, 5) is 2.55. The normalized spacial score (nSPS) is 22.4. The lowest BCUT2D eigenvalue weighted by Gasteiger charge is -2.30. The molecule has 2 heteroatoms. The maximum Gasteiger partial charge on any atom is -0.00162 e. The van der Waals surface area contributed by atoms with Crippen LogP contribution in [0.3, 0.4) is 0 Å². The van der Waals surface area contributed by atoms with E-state index in [1.54, 1.807) is 0 Å². The van der Waals surface area contributed by atoms with Crippen molar-refractivity contribution in [2.75, 3.05) is 25.8 Å². The molecule has 0 radical (unpaired) electrons. The molecule has 0 aromatic carbocycles. The van der Waals surface area contributed by atoms with Gasteiger partial charge in [0.05, 0.1) is 0 Å². The molecule has 0 saturated carbocycles. The second kappa shape index (κ2) is 5.11. The molecule has 0 aromatic heterocycles. The average molecular weight is 173 g/mol. The first kappa shape index (κ1) is 9.48. The number of piperidine rings is 1. The van der Waals surface area contributed by atoms with Gasteiger partial charge in [0.1, 0.15) is 0 Å². The van der Waals surface area contributed by atoms with E-state index in [0.717, 1.165) is 5.92 Å². The van der Waals surface area contributed by atoms with Crippen molar-refractivity contribution in [1.82, 2.24) is 4.90 Å². The van der Waals surface area contributed by atoms with Gasteiger partial charge in [0.25, 0.3) is 0 Å². The van der Waals surface area contributed by atoms with Crippen LogP contribution in [0, 0.1) is 5.92 Å². The van der Waals surface area contributed by atoms with Gasteiger partial charge in [-0.25, -0.2) is 0 Å². The van der Waals surface area contributed by atoms with Crippen molar-refractivity contribution in [3.63, 3.8) is 0 Å². The molecule has 1 atom stereocenters. The summed E-state index contributed by atoms with van der Waals surface area (Å²) >= 11 is 0. The van der Waals surface area contributed by atoms with Gasteiger partial charge in [0.2, 0.25) is 0 Å².